The average Bonchev–Trinajstić information content (AvgIpc) is 3.42. The highest BCUT2D eigenvalue weighted by molar-refractivity contribution is 7.98. The fourth-order valence-electron chi connectivity index (χ4n) is 4.42. The molecule has 0 amide bonds. The third-order valence-electron chi connectivity index (χ3n) is 6.61. The Morgan fingerprint density at radius 3 is 2.36 bits per heavy atom. The number of benzene rings is 4. The monoisotopic (exact) mass is 622 g/mol. The molecule has 1 aromatic heterocycles. The molecule has 11 heteroatoms. The lowest BCUT2D eigenvalue weighted by molar-refractivity contribution is 0.414. The zero-order chi connectivity index (χ0) is 29.7. The Bertz CT molecular complexity index is 1760. The molecule has 1 N–H and O–H groups in total. The molecule has 42 heavy (non-hydrogen) atoms. The van der Waals surface area contributed by atoms with Gasteiger partial charge < -0.3 is 4.74 Å². The van der Waals surface area contributed by atoms with E-state index in [0.29, 0.717) is 33.9 Å². The molecular formula is C31H28ClFN4O3S2. The average molecular weight is 623 g/mol. The molecule has 0 saturated heterocycles. The molecule has 0 aliphatic carbocycles. The Labute approximate surface area is 253 Å². The highest BCUT2D eigenvalue weighted by Crippen LogP contribution is 2.32. The molecule has 5 aromatic rings. The number of rotatable bonds is 11. The molecule has 1 unspecified atom stereocenters. The molecule has 4 aromatic carbocycles. The first-order valence-electron chi connectivity index (χ1n) is 13.0. The van der Waals surface area contributed by atoms with Crippen LogP contribution in [0.25, 0.3) is 5.69 Å². The molecule has 7 nitrogen and oxygen atoms in total. The Kier molecular flexibility index (Phi) is 9.27. The van der Waals surface area contributed by atoms with Crippen molar-refractivity contribution in [3.63, 3.8) is 0 Å². The summed E-state index contributed by atoms with van der Waals surface area (Å²) >= 11 is 7.84. The molecule has 0 fully saturated rings. The molecule has 1 atom stereocenters. The molecule has 0 spiro atoms. The fourth-order valence-corrected chi connectivity index (χ4v) is 6.69. The molecule has 0 radical (unpaired) electrons. The summed E-state index contributed by atoms with van der Waals surface area (Å²) in [6, 6.07) is 26.7. The Balaban J connectivity index is 1.59. The second-order valence-electron chi connectivity index (χ2n) is 9.56. The molecule has 0 aliphatic rings. The van der Waals surface area contributed by atoms with Gasteiger partial charge in [-0.1, -0.05) is 71.9 Å². The summed E-state index contributed by atoms with van der Waals surface area (Å²) < 4.78 is 50.7. The van der Waals surface area contributed by atoms with Crippen molar-refractivity contribution in [3.8, 4) is 11.4 Å². The zero-order valence-corrected chi connectivity index (χ0v) is 25.3. The number of aryl methyl sites for hydroxylation is 1. The molecule has 0 bridgehead atoms. The van der Waals surface area contributed by atoms with Crippen molar-refractivity contribution >= 4 is 33.4 Å². The number of halogens is 2. The number of nitrogens with one attached hydrogen (secondary N) is 1. The van der Waals surface area contributed by atoms with Crippen molar-refractivity contribution < 1.29 is 17.5 Å². The van der Waals surface area contributed by atoms with Crippen LogP contribution in [0.4, 0.5) is 4.39 Å². The van der Waals surface area contributed by atoms with Crippen molar-refractivity contribution in [1.29, 1.82) is 0 Å². The van der Waals surface area contributed by atoms with Crippen molar-refractivity contribution in [3.05, 3.63) is 130 Å². The van der Waals surface area contributed by atoms with Crippen molar-refractivity contribution in [2.24, 2.45) is 0 Å². The third kappa shape index (κ3) is 7.01. The topological polar surface area (TPSA) is 86.1 Å². The minimum Gasteiger partial charge on any atom is -0.497 e. The summed E-state index contributed by atoms with van der Waals surface area (Å²) in [6.07, 6.45) is 0.316. The summed E-state index contributed by atoms with van der Waals surface area (Å²) in [4.78, 5) is 0.0947. The SMILES string of the molecule is COc1ccc(S(=O)(=O)NC(Cc2ccccc2)c2nnc(SCc3ccc(F)cc3)n2-c2cc(Cl)ccc2C)cc1. The van der Waals surface area contributed by atoms with Gasteiger partial charge in [0.25, 0.3) is 0 Å². The molecule has 216 valence electrons. The van der Waals surface area contributed by atoms with Crippen LogP contribution in [0.2, 0.25) is 5.02 Å². The second-order valence-corrected chi connectivity index (χ2v) is 12.7. The van der Waals surface area contributed by atoms with E-state index in [2.05, 4.69) is 14.9 Å². The molecule has 0 saturated carbocycles. The summed E-state index contributed by atoms with van der Waals surface area (Å²) in [5.41, 5.74) is 3.45. The Morgan fingerprint density at radius 2 is 1.67 bits per heavy atom. The van der Waals surface area contributed by atoms with E-state index in [4.69, 9.17) is 16.3 Å². The largest absolute Gasteiger partial charge is 0.497 e. The first kappa shape index (κ1) is 29.8. The normalized spacial score (nSPS) is 12.3. The van der Waals surface area contributed by atoms with Gasteiger partial charge in [-0.05, 0) is 78.6 Å². The van der Waals surface area contributed by atoms with Crippen molar-refractivity contribution in [1.82, 2.24) is 19.5 Å². The smallest absolute Gasteiger partial charge is 0.241 e. The number of thioether (sulfide) groups is 1. The van der Waals surface area contributed by atoms with Crippen LogP contribution in [0.15, 0.2) is 107 Å². The van der Waals surface area contributed by atoms with Crippen LogP contribution in [0.5, 0.6) is 5.75 Å². The number of sulfonamides is 1. The lowest BCUT2D eigenvalue weighted by Gasteiger charge is -2.21. The maximum Gasteiger partial charge on any atom is 0.241 e. The molecule has 5 rings (SSSR count). The van der Waals surface area contributed by atoms with E-state index >= 15 is 0 Å². The van der Waals surface area contributed by atoms with Gasteiger partial charge in [-0.25, -0.2) is 17.5 Å². The van der Waals surface area contributed by atoms with E-state index in [-0.39, 0.29) is 10.7 Å². The van der Waals surface area contributed by atoms with E-state index in [9.17, 15) is 12.8 Å². The van der Waals surface area contributed by atoms with Gasteiger partial charge in [-0.2, -0.15) is 0 Å². The van der Waals surface area contributed by atoms with Gasteiger partial charge in [0.1, 0.15) is 11.6 Å². The fraction of sp³-hybridized carbons (Fsp3) is 0.161. The predicted octanol–water partition coefficient (Wildman–Crippen LogP) is 6.93. The summed E-state index contributed by atoms with van der Waals surface area (Å²) in [7, 11) is -2.45. The van der Waals surface area contributed by atoms with Gasteiger partial charge in [0, 0.05) is 10.8 Å². The molecule has 1 heterocycles. The Morgan fingerprint density at radius 1 is 0.952 bits per heavy atom. The van der Waals surface area contributed by atoms with Crippen LogP contribution in [-0.2, 0) is 22.2 Å². The van der Waals surface area contributed by atoms with E-state index in [1.807, 2.05) is 54.0 Å². The highest BCUT2D eigenvalue weighted by Gasteiger charge is 2.29. The van der Waals surface area contributed by atoms with E-state index in [1.165, 1.54) is 43.1 Å². The van der Waals surface area contributed by atoms with Gasteiger partial charge in [-0.3, -0.25) is 4.57 Å². The summed E-state index contributed by atoms with van der Waals surface area (Å²) in [6.45, 7) is 1.94. The van der Waals surface area contributed by atoms with Crippen LogP contribution in [0, 0.1) is 12.7 Å². The van der Waals surface area contributed by atoms with Gasteiger partial charge in [0.2, 0.25) is 10.0 Å². The van der Waals surface area contributed by atoms with Gasteiger partial charge in [0.15, 0.2) is 11.0 Å². The molecular weight excluding hydrogens is 595 g/mol. The first-order valence-corrected chi connectivity index (χ1v) is 15.9. The highest BCUT2D eigenvalue weighted by atomic mass is 35.5. The van der Waals surface area contributed by atoms with Gasteiger partial charge in [0.05, 0.1) is 23.7 Å². The zero-order valence-electron chi connectivity index (χ0n) is 22.9. The minimum absolute atomic E-state index is 0.0947. The van der Waals surface area contributed by atoms with Gasteiger partial charge in [-0.15, -0.1) is 10.2 Å². The molecule has 0 aliphatic heterocycles. The Hall–Kier alpha value is -3.70. The lowest BCUT2D eigenvalue weighted by atomic mass is 10.1. The lowest BCUT2D eigenvalue weighted by Crippen LogP contribution is -2.32. The second kappa shape index (κ2) is 13.1. The van der Waals surface area contributed by atoms with E-state index in [1.54, 1.807) is 30.3 Å². The first-order chi connectivity index (χ1) is 20.2. The van der Waals surface area contributed by atoms with Crippen LogP contribution in [0.1, 0.15) is 28.6 Å². The number of nitrogens with zero attached hydrogens (tertiary/aromatic N) is 3. The quantitative estimate of drug-likeness (QED) is 0.161. The van der Waals surface area contributed by atoms with Crippen LogP contribution >= 0.6 is 23.4 Å². The van der Waals surface area contributed by atoms with E-state index in [0.717, 1.165) is 22.4 Å². The number of hydrogen-bond acceptors (Lipinski definition) is 6. The number of methoxy groups -OCH3 is 1. The van der Waals surface area contributed by atoms with Crippen LogP contribution in [-0.4, -0.2) is 30.3 Å². The standard InChI is InChI=1S/C31H28ClFN4O3S2/c1-21-8-11-24(32)19-29(21)37-30(34-35-31(37)41-20-23-9-12-25(33)13-10-23)28(18-22-6-4-3-5-7-22)36-42(38,39)27-16-14-26(40-2)15-17-27/h3-17,19,28,36H,18,20H2,1-2H3. The summed E-state index contributed by atoms with van der Waals surface area (Å²) in [5.74, 6) is 1.15. The van der Waals surface area contributed by atoms with Crippen molar-refractivity contribution in [2.75, 3.05) is 7.11 Å². The minimum atomic E-state index is -3.98. The maximum absolute atomic E-state index is 13.7. The van der Waals surface area contributed by atoms with Crippen LogP contribution < -0.4 is 9.46 Å². The summed E-state index contributed by atoms with van der Waals surface area (Å²) in [5, 5.41) is 10.1. The van der Waals surface area contributed by atoms with Gasteiger partial charge >= 0.3 is 0 Å². The van der Waals surface area contributed by atoms with Crippen molar-refractivity contribution in [2.45, 2.75) is 35.2 Å². The number of hydrogen-bond donors (Lipinski definition) is 1. The number of ether oxygens (including phenoxy) is 1. The third-order valence-corrected chi connectivity index (χ3v) is 9.34. The maximum atomic E-state index is 13.7. The number of aromatic nitrogens is 3. The van der Waals surface area contributed by atoms with Crippen LogP contribution in [0.3, 0.4) is 0 Å². The van der Waals surface area contributed by atoms with E-state index < -0.39 is 16.1 Å². The predicted molar refractivity (Wildman–Crippen MR) is 163 cm³/mol.